The number of nitrogens with one attached hydrogen (secondary N) is 1. The Morgan fingerprint density at radius 3 is 3.56 bits per heavy atom. The van der Waals surface area contributed by atoms with Crippen LogP contribution < -0.4 is 5.32 Å². The van der Waals surface area contributed by atoms with Gasteiger partial charge in [0.05, 0.1) is 6.26 Å². The van der Waals surface area contributed by atoms with E-state index in [1.54, 1.807) is 6.08 Å². The largest absolute Gasteiger partial charge is 0.481 e. The summed E-state index contributed by atoms with van der Waals surface area (Å²) in [5, 5.41) is 2.37. The van der Waals surface area contributed by atoms with Gasteiger partial charge in [-0.05, 0) is 6.08 Å². The average molecular weight is 126 g/mol. The zero-order valence-electron chi connectivity index (χ0n) is 4.70. The van der Waals surface area contributed by atoms with Crippen LogP contribution in [0.1, 0.15) is 0 Å². The molecule has 9 heavy (non-hydrogen) atoms. The summed E-state index contributed by atoms with van der Waals surface area (Å²) >= 11 is 0. The van der Waals surface area contributed by atoms with Crippen LogP contribution >= 0.6 is 0 Å². The first kappa shape index (κ1) is 5.81. The zero-order chi connectivity index (χ0) is 6.53. The fourth-order valence-electron chi connectivity index (χ4n) is 0.399. The second-order valence-electron chi connectivity index (χ2n) is 1.40. The Morgan fingerprint density at radius 1 is 1.78 bits per heavy atom. The molecule has 48 valence electrons. The molecule has 1 aliphatic rings. The van der Waals surface area contributed by atoms with Crippen LogP contribution in [0.25, 0.3) is 0 Å². The van der Waals surface area contributed by atoms with E-state index in [1.165, 1.54) is 12.5 Å². The minimum absolute atomic E-state index is 0.187. The van der Waals surface area contributed by atoms with Gasteiger partial charge in [0.25, 0.3) is 0 Å². The van der Waals surface area contributed by atoms with Gasteiger partial charge in [0.15, 0.2) is 6.73 Å². The van der Waals surface area contributed by atoms with Gasteiger partial charge in [-0.25, -0.2) is 9.79 Å². The van der Waals surface area contributed by atoms with Gasteiger partial charge in [0.2, 0.25) is 0 Å². The summed E-state index contributed by atoms with van der Waals surface area (Å²) in [6, 6.07) is -0.376. The molecular formula is C5H6N2O2. The molecule has 0 bridgehead atoms. The van der Waals surface area contributed by atoms with Gasteiger partial charge in [-0.3, -0.25) is 0 Å². The highest BCUT2D eigenvalue weighted by Gasteiger charge is 1.93. The van der Waals surface area contributed by atoms with Crippen LogP contribution in [0.5, 0.6) is 0 Å². The minimum Gasteiger partial charge on any atom is -0.481 e. The van der Waals surface area contributed by atoms with E-state index < -0.39 is 0 Å². The van der Waals surface area contributed by atoms with E-state index in [-0.39, 0.29) is 12.8 Å². The molecule has 0 atom stereocenters. The fraction of sp³-hybridized carbons (Fsp3) is 0.200. The summed E-state index contributed by atoms with van der Waals surface area (Å²) in [5.74, 6) is 0. The number of carbonyl (C=O) groups excluding carboxylic acids is 1. The Kier molecular flexibility index (Phi) is 1.85. The summed E-state index contributed by atoms with van der Waals surface area (Å²) in [5.41, 5.74) is 0. The summed E-state index contributed by atoms with van der Waals surface area (Å²) in [4.78, 5) is 13.9. The Hall–Kier alpha value is -1.32. The van der Waals surface area contributed by atoms with Crippen LogP contribution in [0.4, 0.5) is 4.79 Å². The molecule has 0 aromatic rings. The molecule has 0 aromatic carbocycles. The lowest BCUT2D eigenvalue weighted by atomic mass is 10.7. The maximum absolute atomic E-state index is 10.4. The smallest absolute Gasteiger partial charge is 0.343 e. The minimum atomic E-state index is -0.376. The lowest BCUT2D eigenvalue weighted by molar-refractivity contribution is 0.208. The molecule has 0 aromatic heterocycles. The molecule has 0 radical (unpaired) electrons. The van der Waals surface area contributed by atoms with Crippen LogP contribution in [-0.4, -0.2) is 19.0 Å². The standard InChI is InChI=1S/C5H6N2O2/c8-5-6-2-1-3-9-4-7-5/h1-3H,4H2,(H,7,8). The van der Waals surface area contributed by atoms with E-state index in [2.05, 4.69) is 10.3 Å². The zero-order valence-corrected chi connectivity index (χ0v) is 4.70. The number of rotatable bonds is 0. The molecule has 1 heterocycles. The van der Waals surface area contributed by atoms with Crippen molar-refractivity contribution in [2.45, 2.75) is 0 Å². The molecule has 1 N–H and O–H groups in total. The molecule has 0 spiro atoms. The molecule has 1 rings (SSSR count). The number of aliphatic imine (C=N–C) groups is 1. The van der Waals surface area contributed by atoms with Crippen molar-refractivity contribution in [1.82, 2.24) is 5.32 Å². The first-order valence-electron chi connectivity index (χ1n) is 2.48. The van der Waals surface area contributed by atoms with Crippen molar-refractivity contribution in [3.63, 3.8) is 0 Å². The summed E-state index contributed by atoms with van der Waals surface area (Å²) in [6.45, 7) is 0.187. The molecule has 0 fully saturated rings. The number of amides is 2. The quantitative estimate of drug-likeness (QED) is 0.506. The van der Waals surface area contributed by atoms with E-state index in [0.717, 1.165) is 0 Å². The van der Waals surface area contributed by atoms with Crippen molar-refractivity contribution < 1.29 is 9.53 Å². The molecule has 4 nitrogen and oxygen atoms in total. The average Bonchev–Trinajstić information content (AvgIpc) is 1.79. The predicted molar refractivity (Wildman–Crippen MR) is 32.1 cm³/mol. The third-order valence-corrected chi connectivity index (χ3v) is 0.759. The third kappa shape index (κ3) is 1.94. The molecule has 0 unspecified atom stereocenters. The van der Waals surface area contributed by atoms with Gasteiger partial charge in [0, 0.05) is 6.21 Å². The molecule has 0 saturated heterocycles. The number of hydrogen-bond acceptors (Lipinski definition) is 2. The molecule has 2 amide bonds. The second kappa shape index (κ2) is 2.86. The van der Waals surface area contributed by atoms with Gasteiger partial charge < -0.3 is 10.1 Å². The van der Waals surface area contributed by atoms with Crippen LogP contribution in [-0.2, 0) is 4.74 Å². The number of allylic oxidation sites excluding steroid dienone is 1. The van der Waals surface area contributed by atoms with Crippen molar-refractivity contribution >= 4 is 12.2 Å². The number of nitrogens with zero attached hydrogens (tertiary/aromatic N) is 1. The monoisotopic (exact) mass is 126 g/mol. The van der Waals surface area contributed by atoms with Gasteiger partial charge >= 0.3 is 6.03 Å². The van der Waals surface area contributed by atoms with E-state index in [9.17, 15) is 4.79 Å². The van der Waals surface area contributed by atoms with Crippen molar-refractivity contribution in [1.29, 1.82) is 0 Å². The van der Waals surface area contributed by atoms with Crippen molar-refractivity contribution in [2.24, 2.45) is 4.99 Å². The van der Waals surface area contributed by atoms with E-state index in [1.807, 2.05) is 0 Å². The first-order valence-corrected chi connectivity index (χ1v) is 2.48. The number of urea groups is 1. The van der Waals surface area contributed by atoms with Gasteiger partial charge in [-0.1, -0.05) is 0 Å². The highest BCUT2D eigenvalue weighted by atomic mass is 16.5. The lowest BCUT2D eigenvalue weighted by Crippen LogP contribution is -2.22. The van der Waals surface area contributed by atoms with Crippen LogP contribution in [0.15, 0.2) is 17.3 Å². The maximum Gasteiger partial charge on any atom is 0.343 e. The molecule has 0 aliphatic carbocycles. The van der Waals surface area contributed by atoms with Gasteiger partial charge in [-0.2, -0.15) is 0 Å². The van der Waals surface area contributed by atoms with Gasteiger partial charge in [-0.15, -0.1) is 0 Å². The molecule has 0 saturated carbocycles. The fourth-order valence-corrected chi connectivity index (χ4v) is 0.399. The molecular weight excluding hydrogens is 120 g/mol. The third-order valence-electron chi connectivity index (χ3n) is 0.759. The number of ether oxygens (including phenoxy) is 1. The molecule has 4 heteroatoms. The Bertz CT molecular complexity index is 162. The summed E-state index contributed by atoms with van der Waals surface area (Å²) < 4.78 is 4.74. The first-order chi connectivity index (χ1) is 4.39. The van der Waals surface area contributed by atoms with Crippen molar-refractivity contribution in [3.8, 4) is 0 Å². The summed E-state index contributed by atoms with van der Waals surface area (Å²) in [6.07, 6.45) is 4.39. The van der Waals surface area contributed by atoms with Crippen LogP contribution in [0, 0.1) is 0 Å². The Morgan fingerprint density at radius 2 is 2.67 bits per heavy atom. The van der Waals surface area contributed by atoms with Gasteiger partial charge in [0.1, 0.15) is 0 Å². The topological polar surface area (TPSA) is 50.7 Å². The number of carbonyl (C=O) groups is 1. The highest BCUT2D eigenvalue weighted by molar-refractivity contribution is 5.87. The van der Waals surface area contributed by atoms with Crippen molar-refractivity contribution in [2.75, 3.05) is 6.73 Å². The van der Waals surface area contributed by atoms with E-state index in [4.69, 9.17) is 4.74 Å². The van der Waals surface area contributed by atoms with E-state index in [0.29, 0.717) is 0 Å². The van der Waals surface area contributed by atoms with Crippen LogP contribution in [0.2, 0.25) is 0 Å². The van der Waals surface area contributed by atoms with Crippen LogP contribution in [0.3, 0.4) is 0 Å². The normalized spacial score (nSPS) is 17.6. The Balaban J connectivity index is 2.54. The predicted octanol–water partition coefficient (Wildman–Crippen LogP) is 0.268. The second-order valence-corrected chi connectivity index (χ2v) is 1.40. The maximum atomic E-state index is 10.4. The van der Waals surface area contributed by atoms with Crippen molar-refractivity contribution in [3.05, 3.63) is 12.3 Å². The van der Waals surface area contributed by atoms with E-state index >= 15 is 0 Å². The Labute approximate surface area is 52.2 Å². The molecule has 1 aliphatic heterocycles. The number of hydrogen-bond donors (Lipinski definition) is 1. The SMILES string of the molecule is O=C1N=CC=COCN1. The lowest BCUT2D eigenvalue weighted by Gasteiger charge is -2.01. The summed E-state index contributed by atoms with van der Waals surface area (Å²) in [7, 11) is 0. The highest BCUT2D eigenvalue weighted by Crippen LogP contribution is 1.80.